The quantitative estimate of drug-likeness (QED) is 0.0645. The Morgan fingerprint density at radius 2 is 0.354 bits per heavy atom. The number of rotatable bonds is 21. The van der Waals surface area contributed by atoms with Crippen LogP contribution in [0.4, 0.5) is 169 Å². The maximum Gasteiger partial charge on any atom is 0.460 e. The molecule has 0 amide bonds. The highest BCUT2D eigenvalue weighted by Crippen LogP contribution is 2.72. The molecule has 0 saturated carbocycles. The summed E-state index contributed by atoms with van der Waals surface area (Å²) < 4.78 is 524. The Morgan fingerprint density at radius 1 is 0.195 bits per heavy atom. The van der Waals surface area contributed by atoms with Crippen LogP contribution in [0.5, 0.6) is 0 Å². The Morgan fingerprint density at radius 3 is 0.524 bits per heavy atom. The summed E-state index contributed by atoms with van der Waals surface area (Å²) in [5.41, 5.74) is -1.15. The Balaban J connectivity index is 1.96. The third-order valence-corrected chi connectivity index (χ3v) is 12.3. The molecule has 38 heteroatoms. The van der Waals surface area contributed by atoms with Crippen molar-refractivity contribution in [3.8, 4) is 0 Å². The Labute approximate surface area is 431 Å². The summed E-state index contributed by atoms with van der Waals surface area (Å²) in [5, 5.41) is 0. The summed E-state index contributed by atoms with van der Waals surface area (Å²) >= 11 is 0. The normalized spacial score (nSPS) is 15.5. The van der Waals surface area contributed by atoms with Crippen LogP contribution in [0.2, 0.25) is 0 Å². The maximum atomic E-state index is 16.7. The first-order valence-corrected chi connectivity index (χ1v) is 20.8. The zero-order valence-corrected chi connectivity index (χ0v) is 38.4. The molecule has 4 rings (SSSR count). The highest BCUT2D eigenvalue weighted by molar-refractivity contribution is 5.50. The van der Waals surface area contributed by atoms with Gasteiger partial charge < -0.3 is 11.5 Å². The summed E-state index contributed by atoms with van der Waals surface area (Å²) in [4.78, 5) is 0. The molecular weight excluding hydrogens is 1240 g/mol. The smallest absolute Gasteiger partial charge is 0.399 e. The fourth-order valence-corrected chi connectivity index (χ4v) is 7.50. The lowest BCUT2D eigenvalue weighted by Gasteiger charge is -2.49. The summed E-state index contributed by atoms with van der Waals surface area (Å²) in [6, 6.07) is 9.18. The van der Waals surface area contributed by atoms with Gasteiger partial charge in [-0.1, -0.05) is 72.8 Å². The van der Waals surface area contributed by atoms with Crippen molar-refractivity contribution in [2.45, 2.75) is 119 Å². The molecule has 4 N–H and O–H groups in total. The zero-order chi connectivity index (χ0) is 64.3. The molecule has 0 bridgehead atoms. The lowest BCUT2D eigenvalue weighted by molar-refractivity contribution is -0.492. The molecule has 0 radical (unpaired) electrons. The van der Waals surface area contributed by atoms with Gasteiger partial charge in [-0.2, -0.15) is 158 Å². The Kier molecular flexibility index (Phi) is 16.5. The van der Waals surface area contributed by atoms with Gasteiger partial charge in [0.25, 0.3) is 0 Å². The van der Waals surface area contributed by atoms with Gasteiger partial charge in [0.1, 0.15) is 0 Å². The number of hydrogen-bond acceptors (Lipinski definition) is 2. The van der Waals surface area contributed by atoms with E-state index < -0.39 is 131 Å². The summed E-state index contributed by atoms with van der Waals surface area (Å²) in [7, 11) is 0. The van der Waals surface area contributed by atoms with E-state index in [-0.39, 0.29) is 82.2 Å². The van der Waals surface area contributed by atoms with Gasteiger partial charge in [-0.05, 0) is 70.5 Å². The maximum absolute atomic E-state index is 16.7. The number of alkyl halides is 36. The van der Waals surface area contributed by atoms with E-state index in [1.54, 1.807) is 0 Å². The number of anilines is 2. The largest absolute Gasteiger partial charge is 0.460 e. The molecule has 82 heavy (non-hydrogen) atoms. The van der Waals surface area contributed by atoms with E-state index >= 15 is 57.1 Å². The predicted octanol–water partition coefficient (Wildman–Crippen LogP) is 17.0. The second kappa shape index (κ2) is 19.8. The number of hydrogen-bond donors (Lipinski definition) is 2. The first-order valence-electron chi connectivity index (χ1n) is 20.8. The van der Waals surface area contributed by atoms with E-state index in [1.165, 1.54) is 48.5 Å². The van der Waals surface area contributed by atoms with Gasteiger partial charge in [0.05, 0.1) is 0 Å². The van der Waals surface area contributed by atoms with E-state index in [9.17, 15) is 101 Å². The number of halogens is 36. The number of nitrogens with two attached hydrogens (primary N) is 2. The van der Waals surface area contributed by atoms with Gasteiger partial charge in [-0.3, -0.25) is 0 Å². The van der Waals surface area contributed by atoms with Crippen LogP contribution >= 0.6 is 0 Å². The Hall–Kier alpha value is -6.04. The molecule has 0 atom stereocenters. The summed E-state index contributed by atoms with van der Waals surface area (Å²) in [6.07, 6.45) is -17.0. The highest BCUT2D eigenvalue weighted by atomic mass is 19.4. The minimum absolute atomic E-state index is 0.0579. The first kappa shape index (κ1) is 68.5. The molecule has 0 saturated heterocycles. The van der Waals surface area contributed by atoms with Gasteiger partial charge in [-0.15, -0.1) is 0 Å². The second-order valence-corrected chi connectivity index (χ2v) is 17.6. The van der Waals surface area contributed by atoms with E-state index in [0.717, 1.165) is 0 Å². The molecule has 0 heterocycles. The predicted molar refractivity (Wildman–Crippen MR) is 207 cm³/mol. The molecule has 4 aromatic carbocycles. The standard InChI is InChI=1S/C44H24F36N2/c45-28(46,27(43(75,76)77,23-9-1-19(2-10-23)17-21-5-13-25(81)14-6-21)24-11-3-20(4-12-24)18-22-7-15-26(82)16-8-22)29(47,48)30(49,50)31(51,52)32(53,54)33(55,56)34(57,58)35(59,60)36(61,62)37(63,64)38(65,66)39(67,68)40(69,70)41(71,72)42(73,74)44(78,79)80/h1-16H,17-18,81-82H2. The molecule has 0 spiro atoms. The molecule has 2 nitrogen and oxygen atoms in total. The average molecular weight is 1260 g/mol. The second-order valence-electron chi connectivity index (χ2n) is 17.6. The fraction of sp³-hybridized carbons (Fsp3) is 0.455. The van der Waals surface area contributed by atoms with Gasteiger partial charge in [0.15, 0.2) is 5.41 Å². The molecule has 0 unspecified atom stereocenters. The fourth-order valence-electron chi connectivity index (χ4n) is 7.50. The van der Waals surface area contributed by atoms with Crippen LogP contribution in [-0.4, -0.2) is 101 Å². The van der Waals surface area contributed by atoms with Crippen LogP contribution < -0.4 is 11.5 Å². The van der Waals surface area contributed by atoms with Crippen LogP contribution in [0.3, 0.4) is 0 Å². The monoisotopic (exact) mass is 1260 g/mol. The van der Waals surface area contributed by atoms with Gasteiger partial charge in [0.2, 0.25) is 0 Å². The molecule has 0 aromatic heterocycles. The van der Waals surface area contributed by atoms with E-state index in [2.05, 4.69) is 0 Å². The van der Waals surface area contributed by atoms with Crippen molar-refractivity contribution >= 4 is 11.4 Å². The number of benzene rings is 4. The minimum Gasteiger partial charge on any atom is -0.399 e. The molecule has 0 aliphatic heterocycles. The van der Waals surface area contributed by atoms with Gasteiger partial charge in [0, 0.05) is 11.4 Å². The molecule has 0 fully saturated rings. The van der Waals surface area contributed by atoms with Crippen molar-refractivity contribution in [2.24, 2.45) is 0 Å². The summed E-state index contributed by atoms with van der Waals surface area (Å²) in [5.74, 6) is -149. The van der Waals surface area contributed by atoms with Crippen molar-refractivity contribution < 1.29 is 158 Å². The van der Waals surface area contributed by atoms with Crippen molar-refractivity contribution in [1.29, 1.82) is 0 Å². The molecule has 4 aromatic rings. The van der Waals surface area contributed by atoms with Crippen LogP contribution in [0, 0.1) is 0 Å². The lowest BCUT2D eigenvalue weighted by Crippen LogP contribution is -2.80. The lowest BCUT2D eigenvalue weighted by atomic mass is 9.65. The van der Waals surface area contributed by atoms with Gasteiger partial charge >= 0.3 is 101 Å². The third kappa shape index (κ3) is 9.19. The molecule has 0 aliphatic rings. The third-order valence-electron chi connectivity index (χ3n) is 12.3. The minimum atomic E-state index is -10.4. The average Bonchev–Trinajstić information content (AvgIpc) is 2.56. The van der Waals surface area contributed by atoms with E-state index in [0.29, 0.717) is 0 Å². The van der Waals surface area contributed by atoms with Crippen molar-refractivity contribution in [3.05, 3.63) is 130 Å². The van der Waals surface area contributed by atoms with Crippen molar-refractivity contribution in [2.75, 3.05) is 11.5 Å². The molecular formula is C44H24F36N2. The summed E-state index contributed by atoms with van der Waals surface area (Å²) in [6.45, 7) is 0. The van der Waals surface area contributed by atoms with Crippen LogP contribution in [0.15, 0.2) is 97.1 Å². The highest BCUT2D eigenvalue weighted by Gasteiger charge is 3.02. The number of nitrogen functional groups attached to an aromatic ring is 2. The Bertz CT molecular complexity index is 2790. The van der Waals surface area contributed by atoms with Crippen molar-refractivity contribution in [3.63, 3.8) is 0 Å². The van der Waals surface area contributed by atoms with Crippen LogP contribution in [0.25, 0.3) is 0 Å². The van der Waals surface area contributed by atoms with Crippen molar-refractivity contribution in [1.82, 2.24) is 0 Å². The zero-order valence-electron chi connectivity index (χ0n) is 38.4. The van der Waals surface area contributed by atoms with Gasteiger partial charge in [-0.25, -0.2) is 0 Å². The van der Waals surface area contributed by atoms with Crippen LogP contribution in [-0.2, 0) is 18.3 Å². The van der Waals surface area contributed by atoms with Crippen LogP contribution in [0.1, 0.15) is 33.4 Å². The van der Waals surface area contributed by atoms with E-state index in [1.807, 2.05) is 0 Å². The first-order chi connectivity index (χ1) is 36.1. The topological polar surface area (TPSA) is 52.0 Å². The van der Waals surface area contributed by atoms with E-state index in [4.69, 9.17) is 11.5 Å². The molecule has 0 aliphatic carbocycles. The molecule has 462 valence electrons. The SMILES string of the molecule is Nc1ccc(Cc2ccc(C(c3ccc(Cc4ccc(N)cc4)cc3)(C(F)(F)F)C(F)(F)C(F)(F)C(F)(F)C(F)(F)C(F)(F)C(F)(F)C(F)(F)C(F)(F)C(F)(F)C(F)(F)C(F)(F)C(F)(F)C(F)(F)C(F)(F)C(F)(F)C(F)(F)F)cc2)cc1.